The number of carboxylic acid groups (broad SMARTS) is 1. The van der Waals surface area contributed by atoms with Crippen molar-refractivity contribution in [1.82, 2.24) is 24.9 Å². The molecule has 0 bridgehead atoms. The summed E-state index contributed by atoms with van der Waals surface area (Å²) in [7, 11) is 3.98. The molecule has 0 spiro atoms. The summed E-state index contributed by atoms with van der Waals surface area (Å²) in [6, 6.07) is 8.78. The largest absolute Gasteiger partial charge is 0.483 e. The molecule has 2 N–H and O–H groups in total. The average molecular weight is 688 g/mol. The zero-order chi connectivity index (χ0) is 36.6. The van der Waals surface area contributed by atoms with Gasteiger partial charge in [0.05, 0.1) is 12.6 Å². The molecule has 10 nitrogen and oxygen atoms in total. The molecule has 5 rings (SSSR count). The van der Waals surface area contributed by atoms with Gasteiger partial charge in [0, 0.05) is 32.7 Å². The molecule has 280 valence electrons. The van der Waals surface area contributed by atoms with Crippen molar-refractivity contribution in [2.45, 2.75) is 117 Å². The molecule has 1 aromatic carbocycles. The number of carbonyl (C=O) groups is 4. The van der Waals surface area contributed by atoms with E-state index in [1.54, 1.807) is 23.1 Å². The maximum Gasteiger partial charge on any atom is 0.290 e. The first-order valence-corrected chi connectivity index (χ1v) is 18.7. The third-order valence-electron chi connectivity index (χ3n) is 9.33. The smallest absolute Gasteiger partial charge is 0.290 e. The summed E-state index contributed by atoms with van der Waals surface area (Å²) in [5, 5.41) is 9.32. The number of nitrogens with one attached hydrogen (secondary N) is 1. The second-order valence-electron chi connectivity index (χ2n) is 14.7. The van der Waals surface area contributed by atoms with Crippen molar-refractivity contribution >= 4 is 24.7 Å². The van der Waals surface area contributed by atoms with Crippen molar-refractivity contribution in [2.24, 2.45) is 11.8 Å². The molecular formula is C39H69N5O5. The minimum absolute atomic E-state index is 0.0133. The van der Waals surface area contributed by atoms with E-state index < -0.39 is 0 Å². The molecule has 1 aromatic rings. The van der Waals surface area contributed by atoms with Gasteiger partial charge in [0.1, 0.15) is 0 Å². The molecule has 0 radical (unpaired) electrons. The number of aryl methyl sites for hydroxylation is 2. The van der Waals surface area contributed by atoms with Gasteiger partial charge in [-0.25, -0.2) is 0 Å². The first-order valence-electron chi connectivity index (χ1n) is 18.7. The summed E-state index contributed by atoms with van der Waals surface area (Å²) in [6.07, 6.45) is 14.3. The normalized spacial score (nSPS) is 19.3. The number of carbonyl (C=O) groups excluding carboxylic acids is 3. The lowest BCUT2D eigenvalue weighted by Crippen LogP contribution is -2.53. The van der Waals surface area contributed by atoms with E-state index in [9.17, 15) is 14.4 Å². The zero-order valence-corrected chi connectivity index (χ0v) is 31.9. The predicted molar refractivity (Wildman–Crippen MR) is 200 cm³/mol. The van der Waals surface area contributed by atoms with E-state index in [0.29, 0.717) is 13.0 Å². The molecule has 3 fully saturated rings. The maximum atomic E-state index is 12.8. The van der Waals surface area contributed by atoms with Crippen LogP contribution in [0.4, 0.5) is 0 Å². The van der Waals surface area contributed by atoms with Gasteiger partial charge in [0.25, 0.3) is 6.47 Å². The molecule has 2 atom stereocenters. The topological polar surface area (TPSA) is 114 Å². The predicted octanol–water partition coefficient (Wildman–Crippen LogP) is 5.33. The lowest BCUT2D eigenvalue weighted by molar-refractivity contribution is -0.136. The van der Waals surface area contributed by atoms with Gasteiger partial charge in [0.15, 0.2) is 0 Å². The monoisotopic (exact) mass is 688 g/mol. The molecule has 3 saturated heterocycles. The number of benzene rings is 1. The molecule has 0 aromatic heterocycles. The number of amides is 3. The Balaban J connectivity index is 0.000000402. The Morgan fingerprint density at radius 2 is 1.37 bits per heavy atom. The SMILES string of the molecule is CC(C)C.CC(C)[C@@H](CN1CCC[C@H]1C(=O)N1CCCC1)N(C)C(=O)CNC=O.CN1CCCCC1.O=CO.c1ccc2c(c1)CCCC2. The highest BCUT2D eigenvalue weighted by Crippen LogP contribution is 2.24. The van der Waals surface area contributed by atoms with E-state index in [1.165, 1.54) is 58.0 Å². The van der Waals surface area contributed by atoms with E-state index in [-0.39, 0.29) is 42.8 Å². The fourth-order valence-electron chi connectivity index (χ4n) is 6.66. The summed E-state index contributed by atoms with van der Waals surface area (Å²) >= 11 is 0. The summed E-state index contributed by atoms with van der Waals surface area (Å²) < 4.78 is 0. The van der Waals surface area contributed by atoms with Crippen LogP contribution < -0.4 is 5.32 Å². The van der Waals surface area contributed by atoms with Gasteiger partial charge in [-0.3, -0.25) is 24.1 Å². The van der Waals surface area contributed by atoms with E-state index in [1.807, 2.05) is 4.90 Å². The first-order chi connectivity index (χ1) is 23.5. The van der Waals surface area contributed by atoms with Crippen LogP contribution in [0, 0.1) is 11.8 Å². The summed E-state index contributed by atoms with van der Waals surface area (Å²) in [5.41, 5.74) is 3.16. The van der Waals surface area contributed by atoms with E-state index in [2.05, 4.69) is 81.0 Å². The number of piperidine rings is 1. The van der Waals surface area contributed by atoms with Crippen molar-refractivity contribution in [3.05, 3.63) is 35.4 Å². The molecular weight excluding hydrogens is 618 g/mol. The summed E-state index contributed by atoms with van der Waals surface area (Å²) in [4.78, 5) is 52.2. The van der Waals surface area contributed by atoms with Gasteiger partial charge < -0.3 is 25.1 Å². The number of likely N-dealkylation sites (tertiary alicyclic amines) is 3. The average Bonchev–Trinajstić information content (AvgIpc) is 3.80. The van der Waals surface area contributed by atoms with Gasteiger partial charge in [-0.2, -0.15) is 0 Å². The molecule has 3 amide bonds. The number of hydrogen-bond donors (Lipinski definition) is 2. The second kappa shape index (κ2) is 25.9. The van der Waals surface area contributed by atoms with E-state index in [4.69, 9.17) is 9.90 Å². The Labute approximate surface area is 298 Å². The number of likely N-dealkylation sites (N-methyl/N-ethyl adjacent to an activating group) is 1. The first kappa shape index (κ1) is 44.0. The molecule has 3 aliphatic heterocycles. The van der Waals surface area contributed by atoms with Crippen LogP contribution in [0.1, 0.15) is 104 Å². The van der Waals surface area contributed by atoms with Crippen LogP contribution in [-0.4, -0.2) is 121 Å². The molecule has 0 saturated carbocycles. The highest BCUT2D eigenvalue weighted by atomic mass is 16.3. The van der Waals surface area contributed by atoms with Crippen LogP contribution in [0.15, 0.2) is 24.3 Å². The minimum atomic E-state index is -0.250. The second-order valence-corrected chi connectivity index (χ2v) is 14.7. The minimum Gasteiger partial charge on any atom is -0.483 e. The Kier molecular flexibility index (Phi) is 23.3. The third-order valence-corrected chi connectivity index (χ3v) is 9.33. The number of fused-ring (bicyclic) bond motifs is 1. The van der Waals surface area contributed by atoms with Crippen LogP contribution >= 0.6 is 0 Å². The van der Waals surface area contributed by atoms with E-state index in [0.717, 1.165) is 51.2 Å². The summed E-state index contributed by atoms with van der Waals surface area (Å²) in [6.45, 7) is 16.5. The lowest BCUT2D eigenvalue weighted by atomic mass is 9.92. The number of hydrogen-bond acceptors (Lipinski definition) is 6. The molecule has 3 heterocycles. The van der Waals surface area contributed by atoms with Gasteiger partial charge in [-0.05, 0) is 114 Å². The molecule has 49 heavy (non-hydrogen) atoms. The van der Waals surface area contributed by atoms with Crippen molar-refractivity contribution < 1.29 is 24.3 Å². The fraction of sp³-hybridized carbons (Fsp3) is 0.744. The van der Waals surface area contributed by atoms with Crippen molar-refractivity contribution in [3.63, 3.8) is 0 Å². The third kappa shape index (κ3) is 18.0. The molecule has 10 heteroatoms. The molecule has 0 unspecified atom stereocenters. The number of nitrogens with zero attached hydrogens (tertiary/aromatic N) is 4. The number of rotatable bonds is 8. The van der Waals surface area contributed by atoms with Crippen LogP contribution in [0.25, 0.3) is 0 Å². The highest BCUT2D eigenvalue weighted by molar-refractivity contribution is 5.82. The Bertz CT molecular complexity index is 1030. The molecule has 4 aliphatic rings. The molecule has 1 aliphatic carbocycles. The van der Waals surface area contributed by atoms with Crippen LogP contribution in [0.3, 0.4) is 0 Å². The van der Waals surface area contributed by atoms with Crippen molar-refractivity contribution in [2.75, 3.05) is 59.9 Å². The Morgan fingerprint density at radius 1 is 0.857 bits per heavy atom. The van der Waals surface area contributed by atoms with Crippen molar-refractivity contribution in [3.8, 4) is 0 Å². The standard InChI is InChI=1S/C18H32N4O3.C10H12.C6H13N.C4H10.CH2O2/c1-14(2)16(20(3)17(24)11-19-13-23)12-22-10-6-7-15(22)18(25)21-8-4-5-9-21;1-2-6-10-8-4-3-7-9(10)5-1;1-7-5-3-2-4-6-7;1-4(2)3;2-1-3/h13-16H,4-12H2,1-3H3,(H,19,23);1-2,5-6H,3-4,7-8H2;2-6H2,1H3;4H,1-3H3;1H,(H,2,3)/t15-,16+;;;;/m0..../s1. The van der Waals surface area contributed by atoms with E-state index >= 15 is 0 Å². The van der Waals surface area contributed by atoms with Crippen molar-refractivity contribution in [1.29, 1.82) is 0 Å². The lowest BCUT2D eigenvalue weighted by Gasteiger charge is -2.37. The maximum absolute atomic E-state index is 12.8. The van der Waals surface area contributed by atoms with Gasteiger partial charge >= 0.3 is 0 Å². The highest BCUT2D eigenvalue weighted by Gasteiger charge is 2.37. The Morgan fingerprint density at radius 3 is 1.82 bits per heavy atom. The zero-order valence-electron chi connectivity index (χ0n) is 31.9. The Hall–Kier alpha value is -2.98. The fourth-order valence-corrected chi connectivity index (χ4v) is 6.66. The quantitative estimate of drug-likeness (QED) is 0.355. The summed E-state index contributed by atoms with van der Waals surface area (Å²) in [5.74, 6) is 1.26. The van der Waals surface area contributed by atoms with Crippen LogP contribution in [-0.2, 0) is 32.0 Å². The van der Waals surface area contributed by atoms with Gasteiger partial charge in [-0.15, -0.1) is 0 Å². The van der Waals surface area contributed by atoms with Gasteiger partial charge in [-0.1, -0.05) is 65.3 Å². The van der Waals surface area contributed by atoms with Gasteiger partial charge in [0.2, 0.25) is 18.2 Å². The van der Waals surface area contributed by atoms with Crippen LogP contribution in [0.5, 0.6) is 0 Å². The van der Waals surface area contributed by atoms with Crippen LogP contribution in [0.2, 0.25) is 0 Å².